The van der Waals surface area contributed by atoms with Gasteiger partial charge in [0.2, 0.25) is 0 Å². The molecule has 8 heteroatoms. The van der Waals surface area contributed by atoms with E-state index in [1.165, 1.54) is 11.6 Å². The molecular formula is C24H20ClF2N5. The first kappa shape index (κ1) is 20.7. The second kappa shape index (κ2) is 8.07. The largest absolute Gasteiger partial charge is 0.293 e. The van der Waals surface area contributed by atoms with E-state index in [1.807, 2.05) is 24.4 Å². The predicted molar refractivity (Wildman–Crippen MR) is 122 cm³/mol. The van der Waals surface area contributed by atoms with Gasteiger partial charge < -0.3 is 0 Å². The molecule has 0 saturated carbocycles. The Bertz CT molecular complexity index is 1360. The van der Waals surface area contributed by atoms with Crippen molar-refractivity contribution in [3.8, 4) is 22.5 Å². The predicted octanol–water partition coefficient (Wildman–Crippen LogP) is 5.73. The van der Waals surface area contributed by atoms with Crippen molar-refractivity contribution in [2.75, 3.05) is 13.1 Å². The summed E-state index contributed by atoms with van der Waals surface area (Å²) in [4.78, 5) is 11.7. The number of rotatable bonds is 4. The van der Waals surface area contributed by atoms with Gasteiger partial charge in [-0.15, -0.1) is 0 Å². The van der Waals surface area contributed by atoms with Gasteiger partial charge in [-0.1, -0.05) is 17.7 Å². The van der Waals surface area contributed by atoms with Crippen LogP contribution in [0.4, 0.5) is 8.78 Å². The Labute approximate surface area is 188 Å². The molecule has 4 aromatic rings. The number of hydrogen-bond donors (Lipinski definition) is 1. The molecule has 0 atom stereocenters. The molecule has 0 unspecified atom stereocenters. The van der Waals surface area contributed by atoms with Crippen molar-refractivity contribution in [1.82, 2.24) is 25.1 Å². The van der Waals surface area contributed by atoms with Gasteiger partial charge in [0.05, 0.1) is 21.7 Å². The maximum absolute atomic E-state index is 14.5. The van der Waals surface area contributed by atoms with E-state index in [9.17, 15) is 8.78 Å². The van der Waals surface area contributed by atoms with E-state index in [-0.39, 0.29) is 10.6 Å². The number of pyridine rings is 2. The third-order valence-electron chi connectivity index (χ3n) is 5.77. The minimum atomic E-state index is -0.815. The molecule has 4 heterocycles. The van der Waals surface area contributed by atoms with Gasteiger partial charge >= 0.3 is 0 Å². The fourth-order valence-corrected chi connectivity index (χ4v) is 4.07. The maximum atomic E-state index is 14.5. The third-order valence-corrected chi connectivity index (χ3v) is 6.06. The van der Waals surface area contributed by atoms with Crippen LogP contribution in [-0.4, -0.2) is 44.2 Å². The lowest BCUT2D eigenvalue weighted by atomic mass is 10.0. The Morgan fingerprint density at radius 1 is 1.06 bits per heavy atom. The maximum Gasteiger partial charge on any atom is 0.144 e. The second-order valence-corrected chi connectivity index (χ2v) is 8.51. The molecule has 5 rings (SSSR count). The molecule has 0 radical (unpaired) electrons. The molecule has 1 aliphatic heterocycles. The zero-order valence-corrected chi connectivity index (χ0v) is 18.3. The molecule has 3 aromatic heterocycles. The van der Waals surface area contributed by atoms with E-state index in [4.69, 9.17) is 16.6 Å². The highest BCUT2D eigenvalue weighted by Crippen LogP contribution is 2.34. The number of fused-ring (bicyclic) bond motifs is 1. The van der Waals surface area contributed by atoms with E-state index in [0.29, 0.717) is 23.0 Å². The van der Waals surface area contributed by atoms with Crippen LogP contribution in [-0.2, 0) is 0 Å². The Kier molecular flexibility index (Phi) is 5.23. The Balaban J connectivity index is 1.54. The van der Waals surface area contributed by atoms with Crippen LogP contribution in [0.25, 0.3) is 39.1 Å². The van der Waals surface area contributed by atoms with Crippen LogP contribution in [0.5, 0.6) is 0 Å². The molecular weight excluding hydrogens is 432 g/mol. The summed E-state index contributed by atoms with van der Waals surface area (Å²) in [6, 6.07) is 8.17. The molecule has 0 bridgehead atoms. The summed E-state index contributed by atoms with van der Waals surface area (Å²) >= 11 is 5.88. The van der Waals surface area contributed by atoms with Gasteiger partial charge in [-0.3, -0.25) is 15.0 Å². The monoisotopic (exact) mass is 451 g/mol. The van der Waals surface area contributed by atoms with Crippen molar-refractivity contribution in [2.24, 2.45) is 0 Å². The Hall–Kier alpha value is -3.16. The van der Waals surface area contributed by atoms with Crippen LogP contribution < -0.4 is 0 Å². The molecule has 0 aliphatic carbocycles. The van der Waals surface area contributed by atoms with Crippen LogP contribution in [0, 0.1) is 11.6 Å². The molecule has 1 aromatic carbocycles. The smallest absolute Gasteiger partial charge is 0.144 e. The fourth-order valence-electron chi connectivity index (χ4n) is 3.90. The van der Waals surface area contributed by atoms with E-state index in [0.717, 1.165) is 35.8 Å². The number of nitrogens with one attached hydrogen (secondary N) is 1. The van der Waals surface area contributed by atoms with Crippen LogP contribution >= 0.6 is 11.6 Å². The molecule has 0 fully saturated rings. The van der Waals surface area contributed by atoms with Crippen molar-refractivity contribution in [1.29, 1.82) is 0 Å². The third kappa shape index (κ3) is 3.67. The number of nitrogens with zero attached hydrogens (tertiary/aromatic N) is 4. The van der Waals surface area contributed by atoms with Gasteiger partial charge in [0.15, 0.2) is 0 Å². The van der Waals surface area contributed by atoms with Gasteiger partial charge in [0.1, 0.15) is 17.3 Å². The average molecular weight is 452 g/mol. The van der Waals surface area contributed by atoms with Gasteiger partial charge in [0, 0.05) is 48.7 Å². The summed E-state index contributed by atoms with van der Waals surface area (Å²) in [5, 5.41) is 6.75. The quantitative estimate of drug-likeness (QED) is 0.403. The Morgan fingerprint density at radius 3 is 2.69 bits per heavy atom. The van der Waals surface area contributed by atoms with Gasteiger partial charge in [-0.25, -0.2) is 13.8 Å². The van der Waals surface area contributed by atoms with E-state index >= 15 is 0 Å². The van der Waals surface area contributed by atoms with Crippen molar-refractivity contribution < 1.29 is 8.78 Å². The average Bonchev–Trinajstić information content (AvgIpc) is 3.45. The molecule has 1 aliphatic rings. The zero-order chi connectivity index (χ0) is 22.4. The zero-order valence-electron chi connectivity index (χ0n) is 17.5. The molecule has 162 valence electrons. The molecule has 0 amide bonds. The molecule has 32 heavy (non-hydrogen) atoms. The first-order chi connectivity index (χ1) is 15.4. The number of hydrogen-bond acceptors (Lipinski definition) is 4. The van der Waals surface area contributed by atoms with Crippen molar-refractivity contribution in [2.45, 2.75) is 19.9 Å². The summed E-state index contributed by atoms with van der Waals surface area (Å²) in [7, 11) is 0. The van der Waals surface area contributed by atoms with E-state index in [2.05, 4.69) is 40.0 Å². The first-order valence-electron chi connectivity index (χ1n) is 10.3. The number of halogens is 3. The second-order valence-electron chi connectivity index (χ2n) is 8.10. The summed E-state index contributed by atoms with van der Waals surface area (Å²) in [5.74, 6) is -1.56. The SMILES string of the molecule is CC(C)N1CC=C(c2cnc3ccc(-c4c[nH]nc4-c4cc(Cl)c(F)cc4F)nc3c2)C1. The molecule has 0 saturated heterocycles. The van der Waals surface area contributed by atoms with Crippen molar-refractivity contribution >= 4 is 28.2 Å². The van der Waals surface area contributed by atoms with Crippen LogP contribution in [0.1, 0.15) is 19.4 Å². The van der Waals surface area contributed by atoms with Crippen LogP contribution in [0.3, 0.4) is 0 Å². The van der Waals surface area contributed by atoms with Gasteiger partial charge in [-0.2, -0.15) is 5.10 Å². The molecule has 1 N–H and O–H groups in total. The minimum absolute atomic E-state index is 0.103. The lowest BCUT2D eigenvalue weighted by molar-refractivity contribution is 0.290. The molecule has 5 nitrogen and oxygen atoms in total. The number of benzene rings is 1. The van der Waals surface area contributed by atoms with Crippen LogP contribution in [0.15, 0.2) is 48.8 Å². The highest BCUT2D eigenvalue weighted by Gasteiger charge is 2.20. The van der Waals surface area contributed by atoms with Crippen molar-refractivity contribution in [3.05, 3.63) is 71.0 Å². The van der Waals surface area contributed by atoms with Crippen LogP contribution in [0.2, 0.25) is 5.02 Å². The fraction of sp³-hybridized carbons (Fsp3) is 0.208. The summed E-state index contributed by atoms with van der Waals surface area (Å²) < 4.78 is 28.1. The highest BCUT2D eigenvalue weighted by atomic mass is 35.5. The summed E-state index contributed by atoms with van der Waals surface area (Å²) in [6.07, 6.45) is 5.73. The highest BCUT2D eigenvalue weighted by molar-refractivity contribution is 6.31. The lowest BCUT2D eigenvalue weighted by Gasteiger charge is -2.20. The number of aromatic amines is 1. The standard InChI is InChI=1S/C24H20ClF2N5/c1-13(2)32-6-5-14(12-32)15-7-23-22(28-10-15)4-3-21(30-23)17-11-29-31-24(17)16-8-18(25)20(27)9-19(16)26/h3-5,7-11,13H,6,12H2,1-2H3,(H,29,31). The lowest BCUT2D eigenvalue weighted by Crippen LogP contribution is -2.28. The summed E-state index contributed by atoms with van der Waals surface area (Å²) in [5.41, 5.74) is 5.36. The van der Waals surface area contributed by atoms with Crippen molar-refractivity contribution in [3.63, 3.8) is 0 Å². The molecule has 0 spiro atoms. The number of aromatic nitrogens is 4. The van der Waals surface area contributed by atoms with Gasteiger partial charge in [0.25, 0.3) is 0 Å². The van der Waals surface area contributed by atoms with E-state index < -0.39 is 11.6 Å². The first-order valence-corrected chi connectivity index (χ1v) is 10.7. The normalized spacial score (nSPS) is 14.5. The minimum Gasteiger partial charge on any atom is -0.293 e. The Morgan fingerprint density at radius 2 is 1.91 bits per heavy atom. The van der Waals surface area contributed by atoms with E-state index in [1.54, 1.807) is 6.20 Å². The summed E-state index contributed by atoms with van der Waals surface area (Å²) in [6.45, 7) is 6.16. The van der Waals surface area contributed by atoms with Gasteiger partial charge in [-0.05, 0) is 49.2 Å². The number of H-pyrrole nitrogens is 1. The topological polar surface area (TPSA) is 57.7 Å².